The summed E-state index contributed by atoms with van der Waals surface area (Å²) in [6.45, 7) is 5.01. The van der Waals surface area contributed by atoms with Crippen molar-refractivity contribution in [2.24, 2.45) is 5.92 Å². The van der Waals surface area contributed by atoms with Gasteiger partial charge in [0.15, 0.2) is 0 Å². The molecule has 1 aliphatic heterocycles. The summed E-state index contributed by atoms with van der Waals surface area (Å²) in [6.07, 6.45) is 4.84. The summed E-state index contributed by atoms with van der Waals surface area (Å²) in [4.78, 5) is 26.6. The predicted octanol–water partition coefficient (Wildman–Crippen LogP) is 3.30. The van der Waals surface area contributed by atoms with Gasteiger partial charge in [0.25, 0.3) is 0 Å². The molecule has 0 bridgehead atoms. The van der Waals surface area contributed by atoms with Gasteiger partial charge in [0, 0.05) is 24.4 Å². The van der Waals surface area contributed by atoms with Gasteiger partial charge in [-0.25, -0.2) is 0 Å². The molecule has 0 N–H and O–H groups in total. The zero-order valence-electron chi connectivity index (χ0n) is 14.7. The van der Waals surface area contributed by atoms with E-state index in [0.717, 1.165) is 18.4 Å². The highest BCUT2D eigenvalue weighted by atomic mass is 16.5. The number of benzene rings is 1. The molecule has 2 aliphatic rings. The van der Waals surface area contributed by atoms with Gasteiger partial charge in [-0.2, -0.15) is 0 Å². The van der Waals surface area contributed by atoms with E-state index in [1.165, 1.54) is 12.8 Å². The molecule has 1 saturated carbocycles. The molecule has 1 heterocycles. The van der Waals surface area contributed by atoms with Gasteiger partial charge in [0.05, 0.1) is 5.92 Å². The van der Waals surface area contributed by atoms with Crippen molar-refractivity contribution in [3.63, 3.8) is 0 Å². The summed E-state index contributed by atoms with van der Waals surface area (Å²) in [5, 5.41) is 0. The normalized spacial score (nSPS) is 22.2. The van der Waals surface area contributed by atoms with Crippen LogP contribution in [0.2, 0.25) is 0 Å². The van der Waals surface area contributed by atoms with E-state index in [1.807, 2.05) is 23.1 Å². The number of hydrogen-bond donors (Lipinski definition) is 0. The zero-order valence-corrected chi connectivity index (χ0v) is 14.7. The third-order valence-electron chi connectivity index (χ3n) is 5.39. The first-order chi connectivity index (χ1) is 11.5. The number of nitrogens with zero attached hydrogens (tertiary/aromatic N) is 1. The molecule has 1 aliphatic carbocycles. The van der Waals surface area contributed by atoms with Crippen molar-refractivity contribution >= 4 is 11.9 Å². The summed E-state index contributed by atoms with van der Waals surface area (Å²) in [5.41, 5.74) is 0.915. The fourth-order valence-electron chi connectivity index (χ4n) is 3.80. The summed E-state index contributed by atoms with van der Waals surface area (Å²) in [7, 11) is 0. The Morgan fingerprint density at radius 2 is 1.88 bits per heavy atom. The first kappa shape index (κ1) is 17.0. The first-order valence-corrected chi connectivity index (χ1v) is 8.99. The Kier molecular flexibility index (Phi) is 4.93. The highest BCUT2D eigenvalue weighted by molar-refractivity contribution is 5.87. The van der Waals surface area contributed by atoms with Gasteiger partial charge in [-0.05, 0) is 18.4 Å². The van der Waals surface area contributed by atoms with E-state index >= 15 is 0 Å². The molecule has 1 saturated heterocycles. The number of hydrogen-bond acceptors (Lipinski definition) is 3. The van der Waals surface area contributed by atoms with Crippen LogP contribution < -0.4 is 0 Å². The maximum absolute atomic E-state index is 12.4. The standard InChI is InChI=1S/C20H27NO3/c1-20(2,16-8-4-3-5-9-16)14-24-19(23)15-12-18(22)21(13-15)17-10-6-7-11-17/h3-5,8-9,15,17H,6-7,10-14H2,1-2H3/t15-/m0/s1. The summed E-state index contributed by atoms with van der Waals surface area (Å²) in [6, 6.07) is 10.4. The van der Waals surface area contributed by atoms with Crippen LogP contribution in [0.4, 0.5) is 0 Å². The van der Waals surface area contributed by atoms with Gasteiger partial charge in [-0.3, -0.25) is 9.59 Å². The number of ether oxygens (including phenoxy) is 1. The fourth-order valence-corrected chi connectivity index (χ4v) is 3.80. The third kappa shape index (κ3) is 3.63. The summed E-state index contributed by atoms with van der Waals surface area (Å²) >= 11 is 0. The molecule has 4 nitrogen and oxygen atoms in total. The van der Waals surface area contributed by atoms with E-state index in [4.69, 9.17) is 4.74 Å². The van der Waals surface area contributed by atoms with Gasteiger partial charge < -0.3 is 9.64 Å². The number of carbonyl (C=O) groups excluding carboxylic acids is 2. The molecule has 0 radical (unpaired) electrons. The van der Waals surface area contributed by atoms with Crippen molar-refractivity contribution in [1.29, 1.82) is 0 Å². The van der Waals surface area contributed by atoms with Crippen molar-refractivity contribution in [2.45, 2.75) is 57.4 Å². The third-order valence-corrected chi connectivity index (χ3v) is 5.39. The molecule has 130 valence electrons. The molecule has 1 aromatic rings. The minimum absolute atomic E-state index is 0.117. The zero-order chi connectivity index (χ0) is 17.2. The number of likely N-dealkylation sites (tertiary alicyclic amines) is 1. The van der Waals surface area contributed by atoms with E-state index in [1.54, 1.807) is 0 Å². The Labute approximate surface area is 144 Å². The molecule has 0 aromatic heterocycles. The van der Waals surface area contributed by atoms with Crippen LogP contribution in [-0.2, 0) is 19.7 Å². The number of rotatable bonds is 5. The summed E-state index contributed by atoms with van der Waals surface area (Å²) in [5.74, 6) is -0.413. The van der Waals surface area contributed by atoms with Gasteiger partial charge in [0.2, 0.25) is 5.91 Å². The SMILES string of the molecule is CC(C)(COC(=O)[C@H]1CC(=O)N(C2CCCC2)C1)c1ccccc1. The van der Waals surface area contributed by atoms with Crippen LogP contribution in [0.25, 0.3) is 0 Å². The Morgan fingerprint density at radius 3 is 2.54 bits per heavy atom. The van der Waals surface area contributed by atoms with E-state index in [-0.39, 0.29) is 23.2 Å². The average Bonchev–Trinajstić information content (AvgIpc) is 3.23. The molecule has 3 rings (SSSR count). The minimum atomic E-state index is -0.301. The topological polar surface area (TPSA) is 46.6 Å². The van der Waals surface area contributed by atoms with Gasteiger partial charge in [0.1, 0.15) is 6.61 Å². The summed E-state index contributed by atoms with van der Waals surface area (Å²) < 4.78 is 5.59. The van der Waals surface area contributed by atoms with Crippen molar-refractivity contribution in [3.05, 3.63) is 35.9 Å². The largest absolute Gasteiger partial charge is 0.464 e. The van der Waals surface area contributed by atoms with E-state index in [0.29, 0.717) is 25.6 Å². The minimum Gasteiger partial charge on any atom is -0.464 e. The van der Waals surface area contributed by atoms with E-state index in [2.05, 4.69) is 26.0 Å². The smallest absolute Gasteiger partial charge is 0.311 e. The highest BCUT2D eigenvalue weighted by Gasteiger charge is 2.39. The Hall–Kier alpha value is -1.84. The van der Waals surface area contributed by atoms with E-state index in [9.17, 15) is 9.59 Å². The van der Waals surface area contributed by atoms with Crippen LogP contribution in [-0.4, -0.2) is 36.0 Å². The second kappa shape index (κ2) is 6.96. The fraction of sp³-hybridized carbons (Fsp3) is 0.600. The lowest BCUT2D eigenvalue weighted by atomic mass is 9.85. The molecule has 4 heteroatoms. The van der Waals surface area contributed by atoms with Crippen molar-refractivity contribution in [3.8, 4) is 0 Å². The molecular weight excluding hydrogens is 302 g/mol. The number of esters is 1. The maximum Gasteiger partial charge on any atom is 0.311 e. The second-order valence-corrected chi connectivity index (χ2v) is 7.74. The second-order valence-electron chi connectivity index (χ2n) is 7.74. The average molecular weight is 329 g/mol. The van der Waals surface area contributed by atoms with Crippen molar-refractivity contribution in [2.75, 3.05) is 13.2 Å². The molecule has 0 unspecified atom stereocenters. The Balaban J connectivity index is 1.55. The van der Waals surface area contributed by atoms with Crippen LogP contribution >= 0.6 is 0 Å². The lowest BCUT2D eigenvalue weighted by molar-refractivity contribution is -0.150. The molecule has 1 atom stereocenters. The maximum atomic E-state index is 12.4. The number of carbonyl (C=O) groups is 2. The lowest BCUT2D eigenvalue weighted by Crippen LogP contribution is -2.35. The quantitative estimate of drug-likeness (QED) is 0.779. The van der Waals surface area contributed by atoms with Crippen molar-refractivity contribution < 1.29 is 14.3 Å². The Bertz CT molecular complexity index is 590. The molecule has 2 fully saturated rings. The van der Waals surface area contributed by atoms with Crippen LogP contribution in [0.15, 0.2) is 30.3 Å². The Morgan fingerprint density at radius 1 is 1.21 bits per heavy atom. The molecule has 1 amide bonds. The highest BCUT2D eigenvalue weighted by Crippen LogP contribution is 2.30. The van der Waals surface area contributed by atoms with Gasteiger partial charge in [-0.15, -0.1) is 0 Å². The van der Waals surface area contributed by atoms with Crippen molar-refractivity contribution in [1.82, 2.24) is 4.90 Å². The lowest BCUT2D eigenvalue weighted by Gasteiger charge is -2.26. The first-order valence-electron chi connectivity index (χ1n) is 8.99. The van der Waals surface area contributed by atoms with Crippen LogP contribution in [0.5, 0.6) is 0 Å². The van der Waals surface area contributed by atoms with E-state index < -0.39 is 0 Å². The van der Waals surface area contributed by atoms with Gasteiger partial charge >= 0.3 is 5.97 Å². The predicted molar refractivity (Wildman–Crippen MR) is 92.5 cm³/mol. The molecule has 1 aromatic carbocycles. The van der Waals surface area contributed by atoms with Crippen LogP contribution in [0.3, 0.4) is 0 Å². The van der Waals surface area contributed by atoms with Gasteiger partial charge in [-0.1, -0.05) is 57.0 Å². The molecule has 24 heavy (non-hydrogen) atoms. The number of amides is 1. The molecular formula is C20H27NO3. The molecule has 0 spiro atoms. The monoisotopic (exact) mass is 329 g/mol. The van der Waals surface area contributed by atoms with Crippen LogP contribution in [0, 0.1) is 5.92 Å². The van der Waals surface area contributed by atoms with Crippen LogP contribution in [0.1, 0.15) is 51.5 Å².